The first-order chi connectivity index (χ1) is 8.70. The Balaban J connectivity index is 1.96. The molecule has 1 unspecified atom stereocenters. The number of nitrogens with zero attached hydrogens (tertiary/aromatic N) is 1. The fourth-order valence-electron chi connectivity index (χ4n) is 2.46. The summed E-state index contributed by atoms with van der Waals surface area (Å²) in [7, 11) is 0. The molecule has 2 rings (SSSR count). The van der Waals surface area contributed by atoms with E-state index in [1.54, 1.807) is 0 Å². The fourth-order valence-corrected chi connectivity index (χ4v) is 2.46. The smallest absolute Gasteiger partial charge is 0.0236 e. The molecule has 0 radical (unpaired) electrons. The number of nitrogens with two attached hydrogens (primary N) is 1. The topological polar surface area (TPSA) is 29.3 Å². The summed E-state index contributed by atoms with van der Waals surface area (Å²) in [6.07, 6.45) is 2.73. The van der Waals surface area contributed by atoms with Crippen molar-refractivity contribution < 1.29 is 0 Å². The number of hydrogen-bond acceptors (Lipinski definition) is 2. The molecule has 2 N–H and O–H groups in total. The van der Waals surface area contributed by atoms with Crippen LogP contribution in [0.25, 0.3) is 0 Å². The molecule has 18 heavy (non-hydrogen) atoms. The van der Waals surface area contributed by atoms with Gasteiger partial charge >= 0.3 is 0 Å². The minimum Gasteiger partial charge on any atom is -0.330 e. The molecule has 1 aromatic rings. The van der Waals surface area contributed by atoms with Gasteiger partial charge in [0.2, 0.25) is 0 Å². The normalized spacial score (nSPS) is 17.4. The van der Waals surface area contributed by atoms with E-state index >= 15 is 0 Å². The molecule has 0 spiro atoms. The third kappa shape index (κ3) is 3.82. The Morgan fingerprint density at radius 1 is 1.22 bits per heavy atom. The van der Waals surface area contributed by atoms with Crippen LogP contribution >= 0.6 is 0 Å². The van der Waals surface area contributed by atoms with E-state index in [4.69, 9.17) is 5.73 Å². The lowest BCUT2D eigenvalue weighted by Gasteiger charge is -2.29. The minimum absolute atomic E-state index is 0.620. The Kier molecular flexibility index (Phi) is 4.79. The lowest BCUT2D eigenvalue weighted by molar-refractivity contribution is 0.189. The van der Waals surface area contributed by atoms with Crippen molar-refractivity contribution in [3.8, 4) is 0 Å². The van der Waals surface area contributed by atoms with Crippen LogP contribution in [0.5, 0.6) is 0 Å². The number of benzene rings is 1. The first-order valence-electron chi connectivity index (χ1n) is 7.18. The maximum absolute atomic E-state index is 5.91. The molecule has 2 nitrogen and oxygen atoms in total. The van der Waals surface area contributed by atoms with Crippen LogP contribution in [0.15, 0.2) is 30.3 Å². The highest BCUT2D eigenvalue weighted by atomic mass is 15.2. The Hall–Kier alpha value is -0.860. The average molecular weight is 246 g/mol. The molecule has 0 aromatic heterocycles. The molecule has 0 aliphatic heterocycles. The van der Waals surface area contributed by atoms with Gasteiger partial charge in [0.25, 0.3) is 0 Å². The van der Waals surface area contributed by atoms with E-state index in [0.29, 0.717) is 11.8 Å². The number of hydrogen-bond donors (Lipinski definition) is 1. The minimum atomic E-state index is 0.620. The van der Waals surface area contributed by atoms with Gasteiger partial charge in [-0.3, -0.25) is 4.90 Å². The fraction of sp³-hybridized carbons (Fsp3) is 0.625. The second kappa shape index (κ2) is 6.35. The van der Waals surface area contributed by atoms with E-state index in [-0.39, 0.29) is 0 Å². The van der Waals surface area contributed by atoms with E-state index in [9.17, 15) is 0 Å². The van der Waals surface area contributed by atoms with Gasteiger partial charge < -0.3 is 5.73 Å². The van der Waals surface area contributed by atoms with Crippen LogP contribution in [0.1, 0.15) is 32.3 Å². The van der Waals surface area contributed by atoms with Gasteiger partial charge in [-0.15, -0.1) is 0 Å². The van der Waals surface area contributed by atoms with Crippen LogP contribution in [0.3, 0.4) is 0 Å². The lowest BCUT2D eigenvalue weighted by atomic mass is 9.95. The number of rotatable bonds is 7. The second-order valence-corrected chi connectivity index (χ2v) is 5.89. The molecular formula is C16H26N2. The summed E-state index contributed by atoms with van der Waals surface area (Å²) in [5.41, 5.74) is 7.33. The predicted molar refractivity (Wildman–Crippen MR) is 77.3 cm³/mol. The highest BCUT2D eigenvalue weighted by molar-refractivity contribution is 5.15. The molecule has 1 fully saturated rings. The van der Waals surface area contributed by atoms with Crippen LogP contribution in [0.4, 0.5) is 0 Å². The van der Waals surface area contributed by atoms with Crippen LogP contribution < -0.4 is 5.73 Å². The highest BCUT2D eigenvalue weighted by Crippen LogP contribution is 2.29. The van der Waals surface area contributed by atoms with Crippen molar-refractivity contribution in [2.45, 2.75) is 39.3 Å². The molecule has 1 aromatic carbocycles. The van der Waals surface area contributed by atoms with Crippen LogP contribution in [-0.2, 0) is 6.54 Å². The quantitative estimate of drug-likeness (QED) is 0.801. The zero-order valence-electron chi connectivity index (χ0n) is 11.7. The molecule has 0 amide bonds. The Bertz CT molecular complexity index is 343. The Morgan fingerprint density at radius 2 is 1.89 bits per heavy atom. The predicted octanol–water partition coefficient (Wildman–Crippen LogP) is 2.88. The standard InChI is InChI=1S/C16H26N2/c1-13(2)15(10-17)12-18(16-8-9-16)11-14-6-4-3-5-7-14/h3-7,13,15-16H,8-12,17H2,1-2H3. The van der Waals surface area contributed by atoms with Gasteiger partial charge in [-0.25, -0.2) is 0 Å². The highest BCUT2D eigenvalue weighted by Gasteiger charge is 2.30. The molecule has 0 bridgehead atoms. The van der Waals surface area contributed by atoms with Crippen molar-refractivity contribution >= 4 is 0 Å². The molecule has 100 valence electrons. The van der Waals surface area contributed by atoms with Crippen LogP contribution in [0.2, 0.25) is 0 Å². The summed E-state index contributed by atoms with van der Waals surface area (Å²) in [4.78, 5) is 2.63. The van der Waals surface area contributed by atoms with Gasteiger partial charge in [-0.2, -0.15) is 0 Å². The van der Waals surface area contributed by atoms with Crippen LogP contribution in [0, 0.1) is 11.8 Å². The summed E-state index contributed by atoms with van der Waals surface area (Å²) < 4.78 is 0. The van der Waals surface area contributed by atoms with Gasteiger partial charge in [0.05, 0.1) is 0 Å². The van der Waals surface area contributed by atoms with E-state index in [1.807, 2.05) is 0 Å². The summed E-state index contributed by atoms with van der Waals surface area (Å²) in [6, 6.07) is 11.6. The molecule has 1 aliphatic carbocycles. The average Bonchev–Trinajstić information content (AvgIpc) is 3.19. The molecule has 1 saturated carbocycles. The van der Waals surface area contributed by atoms with Crippen molar-refractivity contribution in [2.24, 2.45) is 17.6 Å². The third-order valence-electron chi connectivity index (χ3n) is 4.01. The van der Waals surface area contributed by atoms with Crippen molar-refractivity contribution in [1.82, 2.24) is 4.90 Å². The maximum atomic E-state index is 5.91. The van der Waals surface area contributed by atoms with Gasteiger partial charge in [0, 0.05) is 19.1 Å². The third-order valence-corrected chi connectivity index (χ3v) is 4.01. The van der Waals surface area contributed by atoms with Gasteiger partial charge in [0.1, 0.15) is 0 Å². The van der Waals surface area contributed by atoms with Crippen molar-refractivity contribution in [2.75, 3.05) is 13.1 Å². The maximum Gasteiger partial charge on any atom is 0.0236 e. The summed E-state index contributed by atoms with van der Waals surface area (Å²) in [5.74, 6) is 1.29. The first-order valence-corrected chi connectivity index (χ1v) is 7.18. The molecule has 1 aliphatic rings. The first kappa shape index (κ1) is 13.6. The van der Waals surface area contributed by atoms with E-state index in [1.165, 1.54) is 18.4 Å². The Morgan fingerprint density at radius 3 is 2.39 bits per heavy atom. The second-order valence-electron chi connectivity index (χ2n) is 5.89. The van der Waals surface area contributed by atoms with Gasteiger partial charge in [-0.1, -0.05) is 44.2 Å². The van der Waals surface area contributed by atoms with Gasteiger partial charge in [0.15, 0.2) is 0 Å². The zero-order valence-corrected chi connectivity index (χ0v) is 11.7. The van der Waals surface area contributed by atoms with Crippen LogP contribution in [-0.4, -0.2) is 24.0 Å². The van der Waals surface area contributed by atoms with Crippen molar-refractivity contribution in [3.63, 3.8) is 0 Å². The van der Waals surface area contributed by atoms with Crippen molar-refractivity contribution in [1.29, 1.82) is 0 Å². The van der Waals surface area contributed by atoms with E-state index in [2.05, 4.69) is 49.1 Å². The molecule has 0 heterocycles. The lowest BCUT2D eigenvalue weighted by Crippen LogP contribution is -2.36. The summed E-state index contributed by atoms with van der Waals surface area (Å²) >= 11 is 0. The SMILES string of the molecule is CC(C)C(CN)CN(Cc1ccccc1)C1CC1. The Labute approximate surface area is 111 Å². The summed E-state index contributed by atoms with van der Waals surface area (Å²) in [6.45, 7) is 7.59. The van der Waals surface area contributed by atoms with Crippen molar-refractivity contribution in [3.05, 3.63) is 35.9 Å². The molecule has 2 heteroatoms. The largest absolute Gasteiger partial charge is 0.330 e. The molecule has 1 atom stereocenters. The summed E-state index contributed by atoms with van der Waals surface area (Å²) in [5, 5.41) is 0. The monoisotopic (exact) mass is 246 g/mol. The van der Waals surface area contributed by atoms with E-state index < -0.39 is 0 Å². The molecule has 0 saturated heterocycles. The van der Waals surface area contributed by atoms with Gasteiger partial charge in [-0.05, 0) is 36.8 Å². The van der Waals surface area contributed by atoms with E-state index in [0.717, 1.165) is 25.7 Å². The zero-order chi connectivity index (χ0) is 13.0. The molecular weight excluding hydrogens is 220 g/mol.